The van der Waals surface area contributed by atoms with Gasteiger partial charge in [0.05, 0.1) is 17.5 Å². The van der Waals surface area contributed by atoms with E-state index in [4.69, 9.17) is 0 Å². The van der Waals surface area contributed by atoms with Gasteiger partial charge in [0.15, 0.2) is 0 Å². The molecule has 1 saturated heterocycles. The van der Waals surface area contributed by atoms with Gasteiger partial charge in [-0.25, -0.2) is 8.42 Å². The highest BCUT2D eigenvalue weighted by Gasteiger charge is 2.26. The molecule has 1 aliphatic heterocycles. The Morgan fingerprint density at radius 2 is 1.69 bits per heavy atom. The van der Waals surface area contributed by atoms with Crippen LogP contribution in [0.5, 0.6) is 0 Å². The van der Waals surface area contributed by atoms with E-state index < -0.39 is 10.0 Å². The Kier molecular flexibility index (Phi) is 5.32. The molecule has 26 heavy (non-hydrogen) atoms. The Bertz CT molecular complexity index is 874. The number of carbonyl (C=O) groups excluding carboxylic acids is 1. The number of anilines is 1. The van der Waals surface area contributed by atoms with Gasteiger partial charge < -0.3 is 5.32 Å². The first-order valence-corrected chi connectivity index (χ1v) is 10.5. The fourth-order valence-electron chi connectivity index (χ4n) is 3.08. The zero-order chi connectivity index (χ0) is 18.7. The van der Waals surface area contributed by atoms with Crippen molar-refractivity contribution in [1.29, 1.82) is 0 Å². The summed E-state index contributed by atoms with van der Waals surface area (Å²) >= 11 is 0. The molecule has 1 unspecified atom stereocenters. The molecule has 0 aliphatic carbocycles. The second-order valence-corrected chi connectivity index (χ2v) is 8.76. The van der Waals surface area contributed by atoms with Crippen molar-refractivity contribution in [3.63, 3.8) is 0 Å². The fraction of sp³-hybridized carbons (Fsp3) is 0.350. The molecule has 0 radical (unpaired) electrons. The van der Waals surface area contributed by atoms with Crippen LogP contribution >= 0.6 is 0 Å². The Balaban J connectivity index is 1.70. The van der Waals surface area contributed by atoms with Crippen molar-refractivity contribution in [3.8, 4) is 0 Å². The van der Waals surface area contributed by atoms with Crippen LogP contribution in [0.2, 0.25) is 0 Å². The Labute approximate surface area is 155 Å². The summed E-state index contributed by atoms with van der Waals surface area (Å²) in [5.41, 5.74) is 3.35. The van der Waals surface area contributed by atoms with Crippen LogP contribution in [0.25, 0.3) is 0 Å². The number of carbonyl (C=O) groups is 1. The van der Waals surface area contributed by atoms with E-state index in [-0.39, 0.29) is 17.7 Å². The monoisotopic (exact) mass is 372 g/mol. The maximum absolute atomic E-state index is 12.5. The average Bonchev–Trinajstić information content (AvgIpc) is 2.62. The Morgan fingerprint density at radius 1 is 1.04 bits per heavy atom. The number of aryl methyl sites for hydroxylation is 1. The minimum atomic E-state index is -3.24. The summed E-state index contributed by atoms with van der Waals surface area (Å²) in [4.78, 5) is 12.5. The second-order valence-electron chi connectivity index (χ2n) is 6.75. The van der Waals surface area contributed by atoms with Gasteiger partial charge in [-0.05, 0) is 56.5 Å². The molecule has 1 N–H and O–H groups in total. The summed E-state index contributed by atoms with van der Waals surface area (Å²) in [5.74, 6) is 0.00895. The van der Waals surface area contributed by atoms with Crippen molar-refractivity contribution in [2.24, 2.45) is 0 Å². The Hall–Kier alpha value is -2.34. The van der Waals surface area contributed by atoms with Gasteiger partial charge in [0.25, 0.3) is 5.91 Å². The fourth-order valence-corrected chi connectivity index (χ4v) is 4.72. The zero-order valence-electron chi connectivity index (χ0n) is 15.1. The molecule has 3 rings (SSSR count). The van der Waals surface area contributed by atoms with Gasteiger partial charge >= 0.3 is 0 Å². The van der Waals surface area contributed by atoms with Crippen LogP contribution in [-0.4, -0.2) is 26.6 Å². The molecule has 1 fully saturated rings. The van der Waals surface area contributed by atoms with E-state index in [0.717, 1.165) is 12.0 Å². The van der Waals surface area contributed by atoms with Crippen molar-refractivity contribution in [3.05, 3.63) is 65.2 Å². The summed E-state index contributed by atoms with van der Waals surface area (Å²) in [6.45, 7) is 4.46. The van der Waals surface area contributed by atoms with Crippen LogP contribution in [0.1, 0.15) is 47.3 Å². The number of benzene rings is 2. The molecule has 1 aliphatic rings. The molecule has 0 saturated carbocycles. The first kappa shape index (κ1) is 18.5. The van der Waals surface area contributed by atoms with Gasteiger partial charge in [0.1, 0.15) is 0 Å². The topological polar surface area (TPSA) is 66.5 Å². The minimum Gasteiger partial charge on any atom is -0.346 e. The lowest BCUT2D eigenvalue weighted by molar-refractivity contribution is 0.0940. The zero-order valence-corrected chi connectivity index (χ0v) is 15.9. The van der Waals surface area contributed by atoms with E-state index in [0.29, 0.717) is 24.2 Å². The smallest absolute Gasteiger partial charge is 0.251 e. The maximum Gasteiger partial charge on any atom is 0.251 e. The van der Waals surface area contributed by atoms with Gasteiger partial charge in [-0.2, -0.15) is 0 Å². The third kappa shape index (κ3) is 4.07. The predicted octanol–water partition coefficient (Wildman–Crippen LogP) is 3.42. The van der Waals surface area contributed by atoms with Crippen molar-refractivity contribution in [2.45, 2.75) is 32.7 Å². The number of rotatable bonds is 4. The lowest BCUT2D eigenvalue weighted by Crippen LogP contribution is -2.37. The molecule has 138 valence electrons. The largest absolute Gasteiger partial charge is 0.346 e. The summed E-state index contributed by atoms with van der Waals surface area (Å²) in [6.07, 6.45) is 1.56. The molecule has 1 amide bonds. The Morgan fingerprint density at radius 3 is 2.31 bits per heavy atom. The third-order valence-corrected chi connectivity index (χ3v) is 6.56. The molecule has 0 spiro atoms. The number of amides is 1. The third-order valence-electron chi connectivity index (χ3n) is 4.69. The van der Waals surface area contributed by atoms with E-state index in [1.54, 1.807) is 24.3 Å². The van der Waals surface area contributed by atoms with Gasteiger partial charge in [-0.3, -0.25) is 9.10 Å². The molecule has 5 nitrogen and oxygen atoms in total. The van der Waals surface area contributed by atoms with E-state index in [1.165, 1.54) is 9.87 Å². The van der Waals surface area contributed by atoms with Gasteiger partial charge in [0, 0.05) is 12.1 Å². The number of nitrogens with zero attached hydrogens (tertiary/aromatic N) is 1. The SMILES string of the molecule is Cc1ccc(C(C)NC(=O)c2ccc(N3CCCCS3(=O)=O)cc2)cc1. The van der Waals surface area contributed by atoms with Crippen molar-refractivity contribution in [1.82, 2.24) is 5.32 Å². The number of sulfonamides is 1. The van der Waals surface area contributed by atoms with Crippen LogP contribution in [0.4, 0.5) is 5.69 Å². The van der Waals surface area contributed by atoms with Gasteiger partial charge in [0.2, 0.25) is 10.0 Å². The molecule has 2 aromatic rings. The molecule has 2 aromatic carbocycles. The van der Waals surface area contributed by atoms with E-state index >= 15 is 0 Å². The first-order valence-electron chi connectivity index (χ1n) is 8.85. The summed E-state index contributed by atoms with van der Waals surface area (Å²) < 4.78 is 25.8. The highest BCUT2D eigenvalue weighted by molar-refractivity contribution is 7.92. The number of nitrogens with one attached hydrogen (secondary N) is 1. The van der Waals surface area contributed by atoms with Crippen molar-refractivity contribution in [2.75, 3.05) is 16.6 Å². The minimum absolute atomic E-state index is 0.106. The van der Waals surface area contributed by atoms with Crippen LogP contribution in [0.15, 0.2) is 48.5 Å². The number of hydrogen-bond donors (Lipinski definition) is 1. The lowest BCUT2D eigenvalue weighted by Gasteiger charge is -2.28. The predicted molar refractivity (Wildman–Crippen MR) is 104 cm³/mol. The molecule has 0 aromatic heterocycles. The van der Waals surface area contributed by atoms with Crippen molar-refractivity contribution < 1.29 is 13.2 Å². The quantitative estimate of drug-likeness (QED) is 0.894. The normalized spacial score (nSPS) is 17.5. The van der Waals surface area contributed by atoms with Gasteiger partial charge in [-0.1, -0.05) is 29.8 Å². The number of hydrogen-bond acceptors (Lipinski definition) is 3. The van der Waals surface area contributed by atoms with E-state index in [2.05, 4.69) is 5.32 Å². The summed E-state index contributed by atoms with van der Waals surface area (Å²) in [7, 11) is -3.24. The maximum atomic E-state index is 12.5. The molecule has 1 heterocycles. The second kappa shape index (κ2) is 7.50. The average molecular weight is 372 g/mol. The highest BCUT2D eigenvalue weighted by atomic mass is 32.2. The van der Waals surface area contributed by atoms with E-state index in [1.807, 2.05) is 38.1 Å². The van der Waals surface area contributed by atoms with Crippen LogP contribution in [0, 0.1) is 6.92 Å². The summed E-state index contributed by atoms with van der Waals surface area (Å²) in [6, 6.07) is 14.7. The van der Waals surface area contributed by atoms with Crippen LogP contribution < -0.4 is 9.62 Å². The summed E-state index contributed by atoms with van der Waals surface area (Å²) in [5, 5.41) is 2.98. The van der Waals surface area contributed by atoms with Gasteiger partial charge in [-0.15, -0.1) is 0 Å². The standard InChI is InChI=1S/C20H24N2O3S/c1-15-5-7-17(8-6-15)16(2)21-20(23)18-9-11-19(12-10-18)22-13-3-4-14-26(22,24)25/h5-12,16H,3-4,13-14H2,1-2H3,(H,21,23). The van der Waals surface area contributed by atoms with Crippen molar-refractivity contribution >= 4 is 21.6 Å². The molecule has 6 heteroatoms. The molecule has 1 atom stereocenters. The molecular formula is C20H24N2O3S. The van der Waals surface area contributed by atoms with Crippen LogP contribution in [0.3, 0.4) is 0 Å². The highest BCUT2D eigenvalue weighted by Crippen LogP contribution is 2.24. The van der Waals surface area contributed by atoms with E-state index in [9.17, 15) is 13.2 Å². The van der Waals surface area contributed by atoms with Crippen LogP contribution in [-0.2, 0) is 10.0 Å². The molecule has 0 bridgehead atoms. The molecular weight excluding hydrogens is 348 g/mol. The lowest BCUT2D eigenvalue weighted by atomic mass is 10.1. The first-order chi connectivity index (χ1) is 12.4.